The van der Waals surface area contributed by atoms with Gasteiger partial charge in [0.15, 0.2) is 5.65 Å². The fourth-order valence-electron chi connectivity index (χ4n) is 4.52. The van der Waals surface area contributed by atoms with Crippen molar-refractivity contribution in [2.24, 2.45) is 0 Å². The number of aryl methyl sites for hydroxylation is 1. The van der Waals surface area contributed by atoms with Crippen LogP contribution in [0.3, 0.4) is 0 Å². The van der Waals surface area contributed by atoms with Gasteiger partial charge in [-0.3, -0.25) is 9.78 Å². The van der Waals surface area contributed by atoms with E-state index in [0.717, 1.165) is 50.7 Å². The summed E-state index contributed by atoms with van der Waals surface area (Å²) in [5.41, 5.74) is 11.1. The summed E-state index contributed by atoms with van der Waals surface area (Å²) in [6.45, 7) is 5.03. The first kappa shape index (κ1) is 22.6. The minimum Gasteiger partial charge on any atom is -0.496 e. The van der Waals surface area contributed by atoms with E-state index in [2.05, 4.69) is 15.0 Å². The lowest BCUT2D eigenvalue weighted by Crippen LogP contribution is -2.53. The molecular weight excluding hydrogens is 454 g/mol. The molecule has 178 valence electrons. The predicted molar refractivity (Wildman–Crippen MR) is 130 cm³/mol. The first-order chi connectivity index (χ1) is 16.4. The zero-order valence-corrected chi connectivity index (χ0v) is 20.2. The van der Waals surface area contributed by atoms with Gasteiger partial charge in [0.05, 0.1) is 43.1 Å². The number of nitrogens with zero attached hydrogens (tertiary/aromatic N) is 6. The number of thioether (sulfide) groups is 1. The largest absolute Gasteiger partial charge is 0.496 e. The van der Waals surface area contributed by atoms with Gasteiger partial charge in [0.25, 0.3) is 0 Å². The Kier molecular flexibility index (Phi) is 5.90. The van der Waals surface area contributed by atoms with Gasteiger partial charge < -0.3 is 20.5 Å². The first-order valence-corrected chi connectivity index (χ1v) is 12.1. The maximum atomic E-state index is 12.8. The smallest absolute Gasteiger partial charge is 0.227 e. The number of hydrogen-bond acceptors (Lipinski definition) is 9. The molecule has 2 aliphatic rings. The van der Waals surface area contributed by atoms with Gasteiger partial charge in [-0.25, -0.2) is 9.67 Å². The molecule has 1 amide bonds. The van der Waals surface area contributed by atoms with Crippen molar-refractivity contribution >= 4 is 40.7 Å². The molecular formula is C23H27N7O3S. The fraction of sp³-hybridized carbons (Fsp3) is 0.435. The van der Waals surface area contributed by atoms with Crippen LogP contribution in [-0.4, -0.2) is 72.7 Å². The summed E-state index contributed by atoms with van der Waals surface area (Å²) >= 11 is 1.53. The average Bonchev–Trinajstić information content (AvgIpc) is 3.00. The van der Waals surface area contributed by atoms with Crippen LogP contribution in [0.2, 0.25) is 0 Å². The number of nitrogen functional groups attached to an aromatic ring is 1. The summed E-state index contributed by atoms with van der Waals surface area (Å²) in [4.78, 5) is 28.1. The number of likely N-dealkylation sites (tertiary alicyclic amines) is 1. The van der Waals surface area contributed by atoms with Gasteiger partial charge in [-0.1, -0.05) is 0 Å². The second-order valence-electron chi connectivity index (χ2n) is 8.65. The molecule has 0 radical (unpaired) electrons. The molecule has 5 heterocycles. The normalized spacial score (nSPS) is 17.4. The topological polar surface area (TPSA) is 132 Å². The molecule has 5 rings (SSSR count). The van der Waals surface area contributed by atoms with Gasteiger partial charge >= 0.3 is 0 Å². The Morgan fingerprint density at radius 2 is 2.18 bits per heavy atom. The van der Waals surface area contributed by atoms with Gasteiger partial charge in [0, 0.05) is 36.0 Å². The Morgan fingerprint density at radius 1 is 1.35 bits per heavy atom. The number of aliphatic hydroxyl groups is 1. The minimum absolute atomic E-state index is 0.00211. The second kappa shape index (κ2) is 8.88. The third kappa shape index (κ3) is 3.88. The SMILES string of the molecule is COc1c(C)cnc(Cn2nc3c4c(nc(N)nc42)SCC(CC(=O)N2CC[C@H]2CO)=C3)c1C. The number of amides is 1. The molecule has 3 N–H and O–H groups in total. The molecule has 1 atom stereocenters. The van der Waals surface area contributed by atoms with Gasteiger partial charge in [-0.2, -0.15) is 10.1 Å². The average molecular weight is 482 g/mol. The van der Waals surface area contributed by atoms with E-state index in [4.69, 9.17) is 15.6 Å². The highest BCUT2D eigenvalue weighted by Gasteiger charge is 2.32. The van der Waals surface area contributed by atoms with Crippen molar-refractivity contribution in [3.05, 3.63) is 34.3 Å². The first-order valence-electron chi connectivity index (χ1n) is 11.1. The standard InChI is InChI=1S/C23H27N7O3S/c1-12-8-25-17(13(2)20(12)33-3)9-30-21-19-16(28-30)6-14(11-34-22(19)27-23(24)26-21)7-18(32)29-5-4-15(29)10-31/h6,8,15,31H,4-5,7,9-11H2,1-3H3,(H2,24,26,27)/t15-/m0/s1. The van der Waals surface area contributed by atoms with Crippen LogP contribution in [0.4, 0.5) is 5.95 Å². The van der Waals surface area contributed by atoms with E-state index in [9.17, 15) is 9.90 Å². The van der Waals surface area contributed by atoms with E-state index in [0.29, 0.717) is 24.5 Å². The summed E-state index contributed by atoms with van der Waals surface area (Å²) in [6, 6.07) is -0.0671. The van der Waals surface area contributed by atoms with Crippen molar-refractivity contribution in [3.8, 4) is 5.75 Å². The zero-order valence-electron chi connectivity index (χ0n) is 19.4. The molecule has 2 aliphatic heterocycles. The van der Waals surface area contributed by atoms with Crippen LogP contribution in [-0.2, 0) is 11.3 Å². The Morgan fingerprint density at radius 3 is 2.88 bits per heavy atom. The quantitative estimate of drug-likeness (QED) is 0.507. The molecule has 11 heteroatoms. The second-order valence-corrected chi connectivity index (χ2v) is 9.62. The molecule has 0 bridgehead atoms. The lowest BCUT2D eigenvalue weighted by atomic mass is 10.0. The van der Waals surface area contributed by atoms with E-state index in [1.165, 1.54) is 11.8 Å². The molecule has 1 fully saturated rings. The number of carbonyl (C=O) groups excluding carboxylic acids is 1. The van der Waals surface area contributed by atoms with Crippen LogP contribution in [0, 0.1) is 13.8 Å². The van der Waals surface area contributed by atoms with Crippen molar-refractivity contribution in [2.45, 2.75) is 44.3 Å². The van der Waals surface area contributed by atoms with Crippen LogP contribution in [0.25, 0.3) is 17.1 Å². The molecule has 0 unspecified atom stereocenters. The number of aliphatic hydroxyl groups excluding tert-OH is 1. The highest BCUT2D eigenvalue weighted by atomic mass is 32.2. The Bertz CT molecular complexity index is 1320. The number of aromatic nitrogens is 5. The van der Waals surface area contributed by atoms with E-state index in [1.54, 1.807) is 22.9 Å². The number of anilines is 1. The summed E-state index contributed by atoms with van der Waals surface area (Å²) in [6.07, 6.45) is 4.88. The zero-order chi connectivity index (χ0) is 24.0. The van der Waals surface area contributed by atoms with Crippen LogP contribution in [0.1, 0.15) is 35.4 Å². The predicted octanol–water partition coefficient (Wildman–Crippen LogP) is 1.95. The number of nitrogens with two attached hydrogens (primary N) is 1. The Labute approximate surface area is 201 Å². The molecule has 3 aromatic rings. The third-order valence-electron chi connectivity index (χ3n) is 6.44. The van der Waals surface area contributed by atoms with Crippen LogP contribution >= 0.6 is 11.8 Å². The lowest BCUT2D eigenvalue weighted by molar-refractivity contribution is -0.139. The van der Waals surface area contributed by atoms with Crippen molar-refractivity contribution in [3.63, 3.8) is 0 Å². The van der Waals surface area contributed by atoms with Gasteiger partial charge in [0.1, 0.15) is 10.8 Å². The number of methoxy groups -OCH3 is 1. The summed E-state index contributed by atoms with van der Waals surface area (Å²) < 4.78 is 7.34. The van der Waals surface area contributed by atoms with Gasteiger partial charge in [-0.15, -0.1) is 11.8 Å². The van der Waals surface area contributed by atoms with Crippen molar-refractivity contribution in [2.75, 3.05) is 31.7 Å². The van der Waals surface area contributed by atoms with Gasteiger partial charge in [0.2, 0.25) is 11.9 Å². The minimum atomic E-state index is -0.0671. The molecule has 0 saturated carbocycles. The van der Waals surface area contributed by atoms with Crippen LogP contribution < -0.4 is 10.5 Å². The van der Waals surface area contributed by atoms with E-state index < -0.39 is 0 Å². The number of carbonyl (C=O) groups is 1. The summed E-state index contributed by atoms with van der Waals surface area (Å²) in [5, 5.41) is 15.8. The molecule has 0 spiro atoms. The van der Waals surface area contributed by atoms with Crippen molar-refractivity contribution < 1.29 is 14.6 Å². The van der Waals surface area contributed by atoms with E-state index in [-0.39, 0.29) is 30.9 Å². The number of ether oxygens (including phenoxy) is 1. The third-order valence-corrected chi connectivity index (χ3v) is 7.52. The van der Waals surface area contributed by atoms with E-state index in [1.807, 2.05) is 19.9 Å². The fourth-order valence-corrected chi connectivity index (χ4v) is 5.53. The monoisotopic (exact) mass is 481 g/mol. The molecule has 3 aromatic heterocycles. The molecule has 0 aromatic carbocycles. The van der Waals surface area contributed by atoms with E-state index >= 15 is 0 Å². The highest BCUT2D eigenvalue weighted by molar-refractivity contribution is 7.99. The molecule has 34 heavy (non-hydrogen) atoms. The lowest BCUT2D eigenvalue weighted by Gasteiger charge is -2.40. The van der Waals surface area contributed by atoms with Gasteiger partial charge in [-0.05, 0) is 31.9 Å². The number of hydrogen-bond donors (Lipinski definition) is 2. The number of pyridine rings is 1. The van der Waals surface area contributed by atoms with Crippen molar-refractivity contribution in [1.82, 2.24) is 29.6 Å². The Balaban J connectivity index is 1.51. The maximum absolute atomic E-state index is 12.8. The van der Waals surface area contributed by atoms with Crippen LogP contribution in [0.5, 0.6) is 5.75 Å². The summed E-state index contributed by atoms with van der Waals surface area (Å²) in [7, 11) is 1.65. The highest BCUT2D eigenvalue weighted by Crippen LogP contribution is 2.36. The van der Waals surface area contributed by atoms with Crippen molar-refractivity contribution in [1.29, 1.82) is 0 Å². The molecule has 10 nitrogen and oxygen atoms in total. The Hall–Kier alpha value is -3.18. The van der Waals surface area contributed by atoms with Crippen LogP contribution in [0.15, 0.2) is 16.8 Å². The maximum Gasteiger partial charge on any atom is 0.227 e. The number of rotatable bonds is 6. The molecule has 0 aliphatic carbocycles. The molecule has 1 saturated heterocycles. The summed E-state index contributed by atoms with van der Waals surface area (Å²) in [5.74, 6) is 1.62.